The highest BCUT2D eigenvalue weighted by molar-refractivity contribution is 6.30. The lowest BCUT2D eigenvalue weighted by Gasteiger charge is -2.07. The molecule has 0 bridgehead atoms. The predicted octanol–water partition coefficient (Wildman–Crippen LogP) is 4.53. The second-order valence-electron chi connectivity index (χ2n) is 4.97. The molecule has 0 aliphatic carbocycles. The average Bonchev–Trinajstić information content (AvgIpc) is 2.43. The summed E-state index contributed by atoms with van der Waals surface area (Å²) in [6.45, 7) is 4.18. The number of anilines is 1. The van der Waals surface area contributed by atoms with Crippen molar-refractivity contribution < 1.29 is 4.79 Å². The molecule has 0 unspecified atom stereocenters. The minimum Gasteiger partial charge on any atom is -0.326 e. The number of rotatable bonds is 4. The summed E-state index contributed by atoms with van der Waals surface area (Å²) >= 11 is 5.80. The first kappa shape index (κ1) is 14.6. The zero-order valence-corrected chi connectivity index (χ0v) is 12.5. The van der Waals surface area contributed by atoms with Gasteiger partial charge in [0.05, 0.1) is 0 Å². The Morgan fingerprint density at radius 1 is 1.05 bits per heavy atom. The molecular formula is C17H18ClNO. The zero-order valence-electron chi connectivity index (χ0n) is 11.7. The summed E-state index contributed by atoms with van der Waals surface area (Å²) in [5, 5.41) is 3.53. The van der Waals surface area contributed by atoms with Crippen LogP contribution in [0.4, 0.5) is 5.69 Å². The number of nitrogens with one attached hydrogen (secondary N) is 1. The van der Waals surface area contributed by atoms with Gasteiger partial charge in [0.15, 0.2) is 0 Å². The fraction of sp³-hybridized carbons (Fsp3) is 0.235. The van der Waals surface area contributed by atoms with Crippen LogP contribution in [0, 0.1) is 13.8 Å². The molecule has 2 nitrogen and oxygen atoms in total. The van der Waals surface area contributed by atoms with Crippen molar-refractivity contribution in [2.45, 2.75) is 26.7 Å². The van der Waals surface area contributed by atoms with Crippen LogP contribution in [0.2, 0.25) is 5.02 Å². The van der Waals surface area contributed by atoms with E-state index < -0.39 is 0 Å². The van der Waals surface area contributed by atoms with Gasteiger partial charge in [0.2, 0.25) is 5.91 Å². The van der Waals surface area contributed by atoms with Gasteiger partial charge in [0.1, 0.15) is 0 Å². The Bertz CT molecular complexity index is 605. The molecule has 1 N–H and O–H groups in total. The highest BCUT2D eigenvalue weighted by Crippen LogP contribution is 2.15. The number of hydrogen-bond acceptors (Lipinski definition) is 1. The highest BCUT2D eigenvalue weighted by Gasteiger charge is 2.04. The number of benzene rings is 2. The number of carbonyl (C=O) groups excluding carboxylic acids is 1. The molecule has 0 spiro atoms. The van der Waals surface area contributed by atoms with Gasteiger partial charge in [-0.15, -0.1) is 0 Å². The van der Waals surface area contributed by atoms with Crippen molar-refractivity contribution in [3.05, 3.63) is 64.2 Å². The largest absolute Gasteiger partial charge is 0.326 e. The summed E-state index contributed by atoms with van der Waals surface area (Å²) in [6.07, 6.45) is 1.23. The molecule has 0 atom stereocenters. The van der Waals surface area contributed by atoms with Crippen molar-refractivity contribution in [1.29, 1.82) is 0 Å². The van der Waals surface area contributed by atoms with Crippen LogP contribution in [0.25, 0.3) is 0 Å². The molecule has 0 aromatic heterocycles. The van der Waals surface area contributed by atoms with E-state index in [0.717, 1.165) is 12.1 Å². The maximum absolute atomic E-state index is 11.9. The van der Waals surface area contributed by atoms with Gasteiger partial charge in [-0.2, -0.15) is 0 Å². The van der Waals surface area contributed by atoms with Gasteiger partial charge in [-0.05, 0) is 61.2 Å². The molecule has 0 heterocycles. The molecule has 2 aromatic carbocycles. The second-order valence-corrected chi connectivity index (χ2v) is 5.41. The van der Waals surface area contributed by atoms with Crippen LogP contribution in [0.1, 0.15) is 23.1 Å². The van der Waals surface area contributed by atoms with E-state index in [9.17, 15) is 4.79 Å². The Labute approximate surface area is 124 Å². The molecule has 0 fully saturated rings. The molecule has 0 saturated carbocycles. The van der Waals surface area contributed by atoms with Gasteiger partial charge >= 0.3 is 0 Å². The molecule has 0 aliphatic heterocycles. The van der Waals surface area contributed by atoms with E-state index in [0.29, 0.717) is 11.4 Å². The molecule has 0 saturated heterocycles. The monoisotopic (exact) mass is 287 g/mol. The van der Waals surface area contributed by atoms with Gasteiger partial charge in [-0.1, -0.05) is 29.8 Å². The first-order valence-corrected chi connectivity index (χ1v) is 7.04. The lowest BCUT2D eigenvalue weighted by Crippen LogP contribution is -2.12. The molecular weight excluding hydrogens is 270 g/mol. The van der Waals surface area contributed by atoms with E-state index in [1.54, 1.807) is 24.3 Å². The Kier molecular flexibility index (Phi) is 4.80. The van der Waals surface area contributed by atoms with Gasteiger partial charge < -0.3 is 5.32 Å². The van der Waals surface area contributed by atoms with Gasteiger partial charge in [-0.25, -0.2) is 0 Å². The maximum Gasteiger partial charge on any atom is 0.224 e. The molecule has 1 amide bonds. The van der Waals surface area contributed by atoms with Crippen molar-refractivity contribution >= 4 is 23.2 Å². The number of carbonyl (C=O) groups is 1. The predicted molar refractivity (Wildman–Crippen MR) is 84.3 cm³/mol. The summed E-state index contributed by atoms with van der Waals surface area (Å²) in [7, 11) is 0. The minimum absolute atomic E-state index is 0.0190. The zero-order chi connectivity index (χ0) is 14.5. The molecule has 104 valence electrons. The molecule has 0 aliphatic rings. The van der Waals surface area contributed by atoms with Crippen molar-refractivity contribution in [3.63, 3.8) is 0 Å². The van der Waals surface area contributed by atoms with Gasteiger partial charge in [0.25, 0.3) is 0 Å². The summed E-state index contributed by atoms with van der Waals surface area (Å²) in [5.74, 6) is 0.0190. The van der Waals surface area contributed by atoms with Crippen LogP contribution in [0.15, 0.2) is 42.5 Å². The number of halogens is 1. The third kappa shape index (κ3) is 4.10. The van der Waals surface area contributed by atoms with Crippen molar-refractivity contribution in [1.82, 2.24) is 0 Å². The van der Waals surface area contributed by atoms with Crippen LogP contribution < -0.4 is 5.32 Å². The number of hydrogen-bond donors (Lipinski definition) is 1. The molecule has 0 radical (unpaired) electrons. The van der Waals surface area contributed by atoms with E-state index in [1.165, 1.54) is 16.7 Å². The summed E-state index contributed by atoms with van der Waals surface area (Å²) < 4.78 is 0. The normalized spacial score (nSPS) is 10.3. The lowest BCUT2D eigenvalue weighted by atomic mass is 10.0. The van der Waals surface area contributed by atoms with Crippen molar-refractivity contribution in [3.8, 4) is 0 Å². The Morgan fingerprint density at radius 2 is 1.75 bits per heavy atom. The number of amides is 1. The minimum atomic E-state index is 0.0190. The van der Waals surface area contributed by atoms with Crippen molar-refractivity contribution in [2.75, 3.05) is 5.32 Å². The smallest absolute Gasteiger partial charge is 0.224 e. The van der Waals surface area contributed by atoms with Crippen LogP contribution in [0.5, 0.6) is 0 Å². The van der Waals surface area contributed by atoms with Gasteiger partial charge in [-0.3, -0.25) is 4.79 Å². The Balaban J connectivity index is 1.88. The fourth-order valence-corrected chi connectivity index (χ4v) is 2.10. The summed E-state index contributed by atoms with van der Waals surface area (Å²) in [4.78, 5) is 11.9. The molecule has 3 heteroatoms. The van der Waals surface area contributed by atoms with Gasteiger partial charge in [0, 0.05) is 17.1 Å². The first-order valence-electron chi connectivity index (χ1n) is 6.66. The highest BCUT2D eigenvalue weighted by atomic mass is 35.5. The molecule has 20 heavy (non-hydrogen) atoms. The van der Waals surface area contributed by atoms with E-state index in [1.807, 2.05) is 0 Å². The fourth-order valence-electron chi connectivity index (χ4n) is 1.97. The van der Waals surface area contributed by atoms with E-state index in [4.69, 9.17) is 11.6 Å². The standard InChI is InChI=1S/C17H18ClNO/c1-12-3-4-14(11-13(12)2)5-10-17(20)19-16-8-6-15(18)7-9-16/h3-4,6-9,11H,5,10H2,1-2H3,(H,19,20). The summed E-state index contributed by atoms with van der Waals surface area (Å²) in [5.41, 5.74) is 4.51. The molecule has 2 aromatic rings. The van der Waals surface area contributed by atoms with Crippen LogP contribution in [-0.2, 0) is 11.2 Å². The maximum atomic E-state index is 11.9. The van der Waals surface area contributed by atoms with E-state index in [2.05, 4.69) is 37.4 Å². The SMILES string of the molecule is Cc1ccc(CCC(=O)Nc2ccc(Cl)cc2)cc1C. The van der Waals surface area contributed by atoms with Crippen LogP contribution in [0.3, 0.4) is 0 Å². The Morgan fingerprint density at radius 3 is 2.40 bits per heavy atom. The average molecular weight is 288 g/mol. The topological polar surface area (TPSA) is 29.1 Å². The lowest BCUT2D eigenvalue weighted by molar-refractivity contribution is -0.116. The Hall–Kier alpha value is -1.80. The molecule has 2 rings (SSSR count). The van der Waals surface area contributed by atoms with E-state index >= 15 is 0 Å². The first-order chi connectivity index (χ1) is 9.54. The third-order valence-electron chi connectivity index (χ3n) is 3.34. The summed E-state index contributed by atoms with van der Waals surface area (Å²) in [6, 6.07) is 13.5. The third-order valence-corrected chi connectivity index (χ3v) is 3.59. The van der Waals surface area contributed by atoms with E-state index in [-0.39, 0.29) is 5.91 Å². The quantitative estimate of drug-likeness (QED) is 0.879. The number of aryl methyl sites for hydroxylation is 3. The van der Waals surface area contributed by atoms with Crippen LogP contribution >= 0.6 is 11.6 Å². The van der Waals surface area contributed by atoms with Crippen molar-refractivity contribution in [2.24, 2.45) is 0 Å². The van der Waals surface area contributed by atoms with Crippen LogP contribution in [-0.4, -0.2) is 5.91 Å². The second kappa shape index (κ2) is 6.58.